The molecule has 0 saturated carbocycles. The molecule has 3 rings (SSSR count). The molecule has 3 aromatic rings. The van der Waals surface area contributed by atoms with E-state index >= 15 is 0 Å². The summed E-state index contributed by atoms with van der Waals surface area (Å²) in [7, 11) is -2.16. The zero-order valence-corrected chi connectivity index (χ0v) is 18.0. The Balaban J connectivity index is 2.05. The van der Waals surface area contributed by atoms with Crippen molar-refractivity contribution in [1.82, 2.24) is 4.90 Å². The van der Waals surface area contributed by atoms with Crippen molar-refractivity contribution >= 4 is 19.2 Å². The Bertz CT molecular complexity index is 966. The van der Waals surface area contributed by atoms with E-state index in [1.165, 1.54) is 5.19 Å². The zero-order valence-electron chi connectivity index (χ0n) is 17.0. The fourth-order valence-corrected chi connectivity index (χ4v) is 6.78. The second-order valence-electron chi connectivity index (χ2n) is 7.75. The van der Waals surface area contributed by atoms with Gasteiger partial charge in [-0.05, 0) is 17.7 Å². The van der Waals surface area contributed by atoms with Gasteiger partial charge < -0.3 is 4.90 Å². The van der Waals surface area contributed by atoms with Gasteiger partial charge in [0.2, 0.25) is 0 Å². The molecule has 29 heavy (non-hydrogen) atoms. The average Bonchev–Trinajstić information content (AvgIpc) is 2.77. The van der Waals surface area contributed by atoms with Crippen LogP contribution in [0.4, 0.5) is 0 Å². The third-order valence-corrected chi connectivity index (χ3v) is 9.49. The number of carbonyl (C=O) groups excluding carboxylic acids is 1. The van der Waals surface area contributed by atoms with Crippen LogP contribution in [0.1, 0.15) is 22.3 Å². The number of carbonyl (C=O) groups is 1. The monoisotopic (exact) mass is 398 g/mol. The number of amides is 1. The number of benzene rings is 3. The van der Waals surface area contributed by atoms with Crippen molar-refractivity contribution in [3.8, 4) is 6.07 Å². The smallest absolute Gasteiger partial charge is 0.254 e. The molecule has 0 saturated heterocycles. The van der Waals surface area contributed by atoms with Crippen LogP contribution in [0.2, 0.25) is 13.1 Å². The van der Waals surface area contributed by atoms with Crippen LogP contribution in [0.15, 0.2) is 91.0 Å². The summed E-state index contributed by atoms with van der Waals surface area (Å²) in [5, 5.41) is 10.9. The number of nitrogens with zero attached hydrogens (tertiary/aromatic N) is 2. The molecule has 0 unspecified atom stereocenters. The summed E-state index contributed by atoms with van der Waals surface area (Å²) >= 11 is 0. The Morgan fingerprint density at radius 3 is 1.97 bits per heavy atom. The molecule has 4 heteroatoms. The minimum Gasteiger partial charge on any atom is -0.333 e. The molecule has 0 spiro atoms. The lowest BCUT2D eigenvalue weighted by atomic mass is 10.1. The standard InChI is InChI=1S/C25H26N2OSi/c1-29(2,23-16-10-5-11-17-23)24(18-19-26)27(20-21-12-6-3-7-13-21)25(28)22-14-8-4-9-15-22/h3-17,24H,18,20H2,1-2H3/t24-/m0/s1. The summed E-state index contributed by atoms with van der Waals surface area (Å²) in [6, 6.07) is 32.1. The molecule has 0 heterocycles. The van der Waals surface area contributed by atoms with E-state index in [1.807, 2.05) is 83.8 Å². The third-order valence-electron chi connectivity index (χ3n) is 5.49. The summed E-state index contributed by atoms with van der Waals surface area (Å²) < 4.78 is 0. The first-order valence-electron chi connectivity index (χ1n) is 9.86. The van der Waals surface area contributed by atoms with Crippen molar-refractivity contribution in [3.63, 3.8) is 0 Å². The summed E-state index contributed by atoms with van der Waals surface area (Å²) in [4.78, 5) is 15.5. The fourth-order valence-electron chi connectivity index (χ4n) is 3.75. The first-order chi connectivity index (χ1) is 14.0. The van der Waals surface area contributed by atoms with Crippen molar-refractivity contribution < 1.29 is 4.79 Å². The molecule has 0 radical (unpaired) electrons. The SMILES string of the molecule is C[Si](C)(c1ccccc1)[C@@H](CC#N)N(Cc1ccccc1)C(=O)c1ccccc1. The molecule has 3 aromatic carbocycles. The van der Waals surface area contributed by atoms with E-state index in [9.17, 15) is 10.1 Å². The van der Waals surface area contributed by atoms with Gasteiger partial charge >= 0.3 is 0 Å². The Kier molecular flexibility index (Phi) is 6.64. The molecule has 1 amide bonds. The van der Waals surface area contributed by atoms with Crippen molar-refractivity contribution in [2.24, 2.45) is 0 Å². The number of nitriles is 1. The van der Waals surface area contributed by atoms with Gasteiger partial charge in [-0.15, -0.1) is 0 Å². The maximum absolute atomic E-state index is 13.6. The molecular formula is C25H26N2OSi. The maximum atomic E-state index is 13.6. The fraction of sp³-hybridized carbons (Fsp3) is 0.200. The van der Waals surface area contributed by atoms with Crippen LogP contribution in [-0.4, -0.2) is 24.5 Å². The van der Waals surface area contributed by atoms with Crippen LogP contribution in [0.25, 0.3) is 0 Å². The Hall–Kier alpha value is -3.16. The minimum atomic E-state index is -2.16. The van der Waals surface area contributed by atoms with Gasteiger partial charge in [0.05, 0.1) is 12.5 Å². The van der Waals surface area contributed by atoms with Gasteiger partial charge in [-0.1, -0.05) is 97.1 Å². The van der Waals surface area contributed by atoms with Crippen LogP contribution < -0.4 is 5.19 Å². The molecule has 0 aliphatic rings. The minimum absolute atomic E-state index is 0.0220. The molecule has 3 nitrogen and oxygen atoms in total. The van der Waals surface area contributed by atoms with Crippen LogP contribution in [0.5, 0.6) is 0 Å². The van der Waals surface area contributed by atoms with E-state index < -0.39 is 8.07 Å². The van der Waals surface area contributed by atoms with Crippen molar-refractivity contribution in [2.45, 2.75) is 31.7 Å². The van der Waals surface area contributed by atoms with Crippen LogP contribution >= 0.6 is 0 Å². The Morgan fingerprint density at radius 2 is 1.41 bits per heavy atom. The van der Waals surface area contributed by atoms with Gasteiger partial charge in [-0.2, -0.15) is 5.26 Å². The Labute approximate surface area is 174 Å². The number of rotatable bonds is 7. The molecule has 0 aliphatic heterocycles. The van der Waals surface area contributed by atoms with E-state index in [4.69, 9.17) is 0 Å². The molecule has 0 bridgehead atoms. The van der Waals surface area contributed by atoms with Crippen LogP contribution in [-0.2, 0) is 6.54 Å². The second-order valence-corrected chi connectivity index (χ2v) is 12.4. The third kappa shape index (κ3) is 4.82. The molecule has 0 N–H and O–H groups in total. The van der Waals surface area contributed by atoms with Gasteiger partial charge in [0.1, 0.15) is 8.07 Å². The van der Waals surface area contributed by atoms with Crippen molar-refractivity contribution in [3.05, 3.63) is 102 Å². The van der Waals surface area contributed by atoms with Gasteiger partial charge in [-0.25, -0.2) is 0 Å². The van der Waals surface area contributed by atoms with Crippen molar-refractivity contribution in [2.75, 3.05) is 0 Å². The highest BCUT2D eigenvalue weighted by Gasteiger charge is 2.40. The predicted molar refractivity (Wildman–Crippen MR) is 120 cm³/mol. The summed E-state index contributed by atoms with van der Waals surface area (Å²) in [6.07, 6.45) is 0.319. The highest BCUT2D eigenvalue weighted by atomic mass is 28.3. The lowest BCUT2D eigenvalue weighted by Gasteiger charge is -2.40. The van der Waals surface area contributed by atoms with E-state index in [-0.39, 0.29) is 11.6 Å². The summed E-state index contributed by atoms with van der Waals surface area (Å²) in [5.74, 6) is -0.0220. The Morgan fingerprint density at radius 1 is 0.897 bits per heavy atom. The van der Waals surface area contributed by atoms with E-state index in [0.717, 1.165) is 5.56 Å². The van der Waals surface area contributed by atoms with Gasteiger partial charge in [-0.3, -0.25) is 4.79 Å². The molecule has 1 atom stereocenters. The van der Waals surface area contributed by atoms with Gasteiger partial charge in [0.15, 0.2) is 0 Å². The summed E-state index contributed by atoms with van der Waals surface area (Å²) in [5.41, 5.74) is 1.59. The van der Waals surface area contributed by atoms with Gasteiger partial charge in [0, 0.05) is 17.8 Å². The zero-order chi connectivity index (χ0) is 20.7. The molecule has 0 fully saturated rings. The largest absolute Gasteiger partial charge is 0.333 e. The predicted octanol–water partition coefficient (Wildman–Crippen LogP) is 4.77. The second kappa shape index (κ2) is 9.36. The lowest BCUT2D eigenvalue weighted by Crippen LogP contribution is -2.61. The summed E-state index contributed by atoms with van der Waals surface area (Å²) in [6.45, 7) is 4.99. The van der Waals surface area contributed by atoms with E-state index in [2.05, 4.69) is 31.3 Å². The van der Waals surface area contributed by atoms with Crippen LogP contribution in [0.3, 0.4) is 0 Å². The first kappa shape index (κ1) is 20.6. The van der Waals surface area contributed by atoms with E-state index in [1.54, 1.807) is 0 Å². The lowest BCUT2D eigenvalue weighted by molar-refractivity contribution is 0.0715. The van der Waals surface area contributed by atoms with Crippen LogP contribution in [0, 0.1) is 11.3 Å². The highest BCUT2D eigenvalue weighted by Crippen LogP contribution is 2.23. The molecular weight excluding hydrogens is 372 g/mol. The van der Waals surface area contributed by atoms with Crippen molar-refractivity contribution in [1.29, 1.82) is 5.26 Å². The molecule has 146 valence electrons. The quantitative estimate of drug-likeness (QED) is 0.538. The topological polar surface area (TPSA) is 44.1 Å². The number of hydrogen-bond donors (Lipinski definition) is 0. The normalized spacial score (nSPS) is 12.0. The average molecular weight is 399 g/mol. The van der Waals surface area contributed by atoms with E-state index in [0.29, 0.717) is 18.5 Å². The molecule has 0 aromatic heterocycles. The maximum Gasteiger partial charge on any atom is 0.254 e. The van der Waals surface area contributed by atoms with Gasteiger partial charge in [0.25, 0.3) is 5.91 Å². The highest BCUT2D eigenvalue weighted by molar-refractivity contribution is 6.91. The number of hydrogen-bond acceptors (Lipinski definition) is 2. The first-order valence-corrected chi connectivity index (χ1v) is 12.9. The molecule has 0 aliphatic carbocycles.